The van der Waals surface area contributed by atoms with Crippen molar-refractivity contribution in [2.45, 2.75) is 40.0 Å². The van der Waals surface area contributed by atoms with Gasteiger partial charge in [0.2, 0.25) is 0 Å². The van der Waals surface area contributed by atoms with Crippen molar-refractivity contribution in [1.29, 1.82) is 0 Å². The minimum absolute atomic E-state index is 0.159. The lowest BCUT2D eigenvalue weighted by Crippen LogP contribution is -2.07. The molecule has 0 aliphatic rings. The van der Waals surface area contributed by atoms with Gasteiger partial charge in [0.05, 0.1) is 6.61 Å². The lowest BCUT2D eigenvalue weighted by molar-refractivity contribution is -0.138. The van der Waals surface area contributed by atoms with Gasteiger partial charge in [-0.05, 0) is 26.7 Å². The molecule has 2 heteroatoms. The Balaban J connectivity index is 3.90. The Morgan fingerprint density at radius 1 is 1.42 bits per heavy atom. The Morgan fingerprint density at radius 3 is 2.50 bits per heavy atom. The smallest absolute Gasteiger partial charge is 0.333 e. The zero-order chi connectivity index (χ0) is 9.40. The van der Waals surface area contributed by atoms with Crippen molar-refractivity contribution in [2.24, 2.45) is 0 Å². The van der Waals surface area contributed by atoms with Gasteiger partial charge in [0.25, 0.3) is 0 Å². The molecule has 0 aromatic rings. The minimum Gasteiger partial charge on any atom is -0.463 e. The number of hydrogen-bond donors (Lipinski definition) is 0. The van der Waals surface area contributed by atoms with Crippen LogP contribution < -0.4 is 0 Å². The molecule has 0 N–H and O–H groups in total. The normalized spacial score (nSPS) is 11.4. The average molecular weight is 170 g/mol. The second-order valence-electron chi connectivity index (χ2n) is 2.64. The Kier molecular flexibility index (Phi) is 6.44. The van der Waals surface area contributed by atoms with E-state index in [0.29, 0.717) is 6.61 Å². The first-order valence-corrected chi connectivity index (χ1v) is 4.58. The number of carbonyl (C=O) groups is 1. The fourth-order valence-corrected chi connectivity index (χ4v) is 0.955. The third-order valence-corrected chi connectivity index (χ3v) is 1.69. The first kappa shape index (κ1) is 11.2. The summed E-state index contributed by atoms with van der Waals surface area (Å²) in [6.45, 7) is 6.27. The van der Waals surface area contributed by atoms with Gasteiger partial charge in [0.15, 0.2) is 0 Å². The molecule has 0 rings (SSSR count). The third kappa shape index (κ3) is 4.16. The highest BCUT2D eigenvalue weighted by molar-refractivity contribution is 5.88. The van der Waals surface area contributed by atoms with Crippen molar-refractivity contribution in [3.05, 3.63) is 11.6 Å². The van der Waals surface area contributed by atoms with Gasteiger partial charge < -0.3 is 4.74 Å². The van der Waals surface area contributed by atoms with Crippen molar-refractivity contribution in [3.8, 4) is 0 Å². The summed E-state index contributed by atoms with van der Waals surface area (Å²) in [4.78, 5) is 11.2. The summed E-state index contributed by atoms with van der Waals surface area (Å²) < 4.78 is 4.88. The van der Waals surface area contributed by atoms with Crippen molar-refractivity contribution in [1.82, 2.24) is 0 Å². The summed E-state index contributed by atoms with van der Waals surface area (Å²) in [7, 11) is 0. The summed E-state index contributed by atoms with van der Waals surface area (Å²) in [5, 5.41) is 0. The molecule has 0 saturated carbocycles. The topological polar surface area (TPSA) is 26.3 Å². The maximum Gasteiger partial charge on any atom is 0.333 e. The van der Waals surface area contributed by atoms with Gasteiger partial charge in [-0.1, -0.05) is 19.4 Å². The Labute approximate surface area is 74.6 Å². The second-order valence-corrected chi connectivity index (χ2v) is 2.64. The molecule has 12 heavy (non-hydrogen) atoms. The average Bonchev–Trinajstić information content (AvgIpc) is 2.06. The van der Waals surface area contributed by atoms with Crippen LogP contribution in [0.5, 0.6) is 0 Å². The van der Waals surface area contributed by atoms with Crippen molar-refractivity contribution in [2.75, 3.05) is 6.61 Å². The molecule has 70 valence electrons. The second kappa shape index (κ2) is 6.89. The summed E-state index contributed by atoms with van der Waals surface area (Å²) in [6, 6.07) is 0. The highest BCUT2D eigenvalue weighted by atomic mass is 16.5. The first-order valence-electron chi connectivity index (χ1n) is 4.58. The van der Waals surface area contributed by atoms with Crippen LogP contribution in [0.15, 0.2) is 11.6 Å². The SMILES string of the molecule is C/C=C(\CCCC)C(=O)OCC. The Hall–Kier alpha value is -0.790. The number of allylic oxidation sites excluding steroid dienone is 1. The van der Waals surface area contributed by atoms with Gasteiger partial charge in [-0.25, -0.2) is 4.79 Å². The highest BCUT2D eigenvalue weighted by Crippen LogP contribution is 2.08. The third-order valence-electron chi connectivity index (χ3n) is 1.69. The standard InChI is InChI=1S/C10H18O2/c1-4-7-8-9(5-2)10(11)12-6-3/h5H,4,6-8H2,1-3H3/b9-5+. The van der Waals surface area contributed by atoms with E-state index in [-0.39, 0.29) is 5.97 Å². The van der Waals surface area contributed by atoms with Crippen molar-refractivity contribution in [3.63, 3.8) is 0 Å². The predicted molar refractivity (Wildman–Crippen MR) is 49.9 cm³/mol. The minimum atomic E-state index is -0.159. The van der Waals surface area contributed by atoms with Crippen LogP contribution in [-0.4, -0.2) is 12.6 Å². The maximum atomic E-state index is 11.2. The lowest BCUT2D eigenvalue weighted by atomic mass is 10.1. The molecule has 0 heterocycles. The van der Waals surface area contributed by atoms with Gasteiger partial charge in [0, 0.05) is 5.57 Å². The molecular weight excluding hydrogens is 152 g/mol. The Bertz CT molecular complexity index is 159. The van der Waals surface area contributed by atoms with Crippen molar-refractivity contribution < 1.29 is 9.53 Å². The van der Waals surface area contributed by atoms with E-state index in [1.807, 2.05) is 19.9 Å². The molecule has 0 fully saturated rings. The number of hydrogen-bond acceptors (Lipinski definition) is 2. The van der Waals surface area contributed by atoms with Gasteiger partial charge in [0.1, 0.15) is 0 Å². The molecule has 0 bridgehead atoms. The van der Waals surface area contributed by atoms with E-state index in [0.717, 1.165) is 24.8 Å². The molecule has 0 spiro atoms. The van der Waals surface area contributed by atoms with E-state index >= 15 is 0 Å². The van der Waals surface area contributed by atoms with Crippen LogP contribution in [0, 0.1) is 0 Å². The summed E-state index contributed by atoms with van der Waals surface area (Å²) in [6.07, 6.45) is 4.84. The number of ether oxygens (including phenoxy) is 1. The zero-order valence-electron chi connectivity index (χ0n) is 8.22. The number of rotatable bonds is 5. The van der Waals surface area contributed by atoms with E-state index < -0.39 is 0 Å². The largest absolute Gasteiger partial charge is 0.463 e. The summed E-state index contributed by atoms with van der Waals surface area (Å²) in [5.74, 6) is -0.159. The van der Waals surface area contributed by atoms with E-state index in [2.05, 4.69) is 6.92 Å². The van der Waals surface area contributed by atoms with Crippen LogP contribution >= 0.6 is 0 Å². The molecular formula is C10H18O2. The molecule has 0 aromatic heterocycles. The first-order chi connectivity index (χ1) is 5.76. The monoisotopic (exact) mass is 170 g/mol. The van der Waals surface area contributed by atoms with E-state index in [4.69, 9.17) is 4.74 Å². The molecule has 0 aliphatic heterocycles. The fourth-order valence-electron chi connectivity index (χ4n) is 0.955. The van der Waals surface area contributed by atoms with Gasteiger partial charge in [-0.2, -0.15) is 0 Å². The van der Waals surface area contributed by atoms with Crippen LogP contribution in [0.1, 0.15) is 40.0 Å². The molecule has 0 atom stereocenters. The Morgan fingerprint density at radius 2 is 2.08 bits per heavy atom. The number of carbonyl (C=O) groups excluding carboxylic acids is 1. The van der Waals surface area contributed by atoms with Crippen LogP contribution in [0.3, 0.4) is 0 Å². The van der Waals surface area contributed by atoms with Gasteiger partial charge in [-0.3, -0.25) is 0 Å². The number of unbranched alkanes of at least 4 members (excludes halogenated alkanes) is 1. The molecule has 0 unspecified atom stereocenters. The molecule has 0 amide bonds. The fraction of sp³-hybridized carbons (Fsp3) is 0.700. The molecule has 0 aromatic carbocycles. The van der Waals surface area contributed by atoms with Crippen LogP contribution in [0.25, 0.3) is 0 Å². The van der Waals surface area contributed by atoms with E-state index in [9.17, 15) is 4.79 Å². The van der Waals surface area contributed by atoms with Gasteiger partial charge in [-0.15, -0.1) is 0 Å². The van der Waals surface area contributed by atoms with Crippen LogP contribution in [0.4, 0.5) is 0 Å². The highest BCUT2D eigenvalue weighted by Gasteiger charge is 2.07. The molecule has 2 nitrogen and oxygen atoms in total. The maximum absolute atomic E-state index is 11.2. The predicted octanol–water partition coefficient (Wildman–Crippen LogP) is 2.69. The molecule has 0 radical (unpaired) electrons. The van der Waals surface area contributed by atoms with E-state index in [1.54, 1.807) is 0 Å². The number of esters is 1. The van der Waals surface area contributed by atoms with E-state index in [1.165, 1.54) is 0 Å². The van der Waals surface area contributed by atoms with Gasteiger partial charge >= 0.3 is 5.97 Å². The summed E-state index contributed by atoms with van der Waals surface area (Å²) in [5.41, 5.74) is 0.804. The molecule has 0 saturated heterocycles. The molecule has 0 aliphatic carbocycles. The van der Waals surface area contributed by atoms with Crippen LogP contribution in [0.2, 0.25) is 0 Å². The summed E-state index contributed by atoms with van der Waals surface area (Å²) >= 11 is 0. The van der Waals surface area contributed by atoms with Crippen LogP contribution in [-0.2, 0) is 9.53 Å². The lowest BCUT2D eigenvalue weighted by Gasteiger charge is -2.04. The van der Waals surface area contributed by atoms with Crippen molar-refractivity contribution >= 4 is 5.97 Å². The quantitative estimate of drug-likeness (QED) is 0.468. The zero-order valence-corrected chi connectivity index (χ0v) is 8.22.